The van der Waals surface area contributed by atoms with Crippen LogP contribution in [0.2, 0.25) is 0 Å². The molecule has 0 saturated carbocycles. The van der Waals surface area contributed by atoms with E-state index in [1.807, 2.05) is 0 Å². The van der Waals surface area contributed by atoms with Gasteiger partial charge in [-0.25, -0.2) is 16.8 Å². The van der Waals surface area contributed by atoms with E-state index >= 15 is 0 Å². The summed E-state index contributed by atoms with van der Waals surface area (Å²) < 4.78 is 324. The van der Waals surface area contributed by atoms with Crippen molar-refractivity contribution in [3.63, 3.8) is 0 Å². The van der Waals surface area contributed by atoms with Crippen LogP contribution in [0.1, 0.15) is 0 Å². The summed E-state index contributed by atoms with van der Waals surface area (Å²) in [5, 5.41) is -14.8. The van der Waals surface area contributed by atoms with Gasteiger partial charge in [-0.15, -0.1) is 0 Å². The van der Waals surface area contributed by atoms with E-state index in [1.165, 1.54) is 0 Å². The van der Waals surface area contributed by atoms with Gasteiger partial charge in [-0.2, -0.15) is 96.6 Å². The first kappa shape index (κ1) is 44.3. The maximum atomic E-state index is 12.4. The van der Waals surface area contributed by atoms with Crippen LogP contribution in [0.25, 0.3) is 0 Å². The molecule has 0 aromatic carbocycles. The Morgan fingerprint density at radius 1 is 0.317 bits per heavy atom. The van der Waals surface area contributed by atoms with Crippen molar-refractivity contribution in [3.05, 3.63) is 0 Å². The van der Waals surface area contributed by atoms with Crippen molar-refractivity contribution in [1.82, 2.24) is 0 Å². The molecule has 0 unspecified atom stereocenters. The molecule has 0 atom stereocenters. The maximum absolute atomic E-state index is 12.4. The molecule has 0 aliphatic heterocycles. The van der Waals surface area contributed by atoms with E-state index in [-0.39, 0.29) is 19.5 Å². The summed E-state index contributed by atoms with van der Waals surface area (Å²) in [6, 6.07) is 0. The van der Waals surface area contributed by atoms with Gasteiger partial charge in [0, 0.05) is 0 Å². The van der Waals surface area contributed by atoms with Gasteiger partial charge < -0.3 is 9.11 Å². The summed E-state index contributed by atoms with van der Waals surface area (Å²) in [5.74, 6) is -46.9. The fourth-order valence-corrected chi connectivity index (χ4v) is 2.31. The average Bonchev–Trinajstić information content (AvgIpc) is 2.63. The molecule has 0 aromatic rings. The second-order valence-corrected chi connectivity index (χ2v) is 9.23. The molecule has 41 heavy (non-hydrogen) atoms. The maximum Gasteiger partial charge on any atom is 2.00 e. The first-order valence-electron chi connectivity index (χ1n) is 7.57. The Balaban J connectivity index is -0.000000688. The fourth-order valence-electron chi connectivity index (χ4n) is 1.43. The minimum atomic E-state index is -7.90. The van der Waals surface area contributed by atoms with Crippen LogP contribution in [0, 0.1) is 0 Å². The van der Waals surface area contributed by atoms with Crippen molar-refractivity contribution in [2.24, 2.45) is 0 Å². The quantitative estimate of drug-likeness (QED) is 0.191. The van der Waals surface area contributed by atoms with Crippen LogP contribution in [0.4, 0.5) is 96.6 Å². The minimum absolute atomic E-state index is 0. The molecule has 6 nitrogen and oxygen atoms in total. The Morgan fingerprint density at radius 2 is 0.463 bits per heavy atom. The fraction of sp³-hybridized carbons (Fsp3) is 1.00. The minimum Gasteiger partial charge on any atom is -0.743 e. The molecule has 0 rings (SSSR count). The van der Waals surface area contributed by atoms with E-state index in [0.29, 0.717) is 0 Å². The second kappa shape index (κ2) is 11.1. The molecule has 31 heteroatoms. The van der Waals surface area contributed by atoms with E-state index in [0.717, 1.165) is 0 Å². The number of hydrogen-bond donors (Lipinski definition) is 0. The molecule has 0 radical (unpaired) electrons. The number of rotatable bonds is 8. The van der Waals surface area contributed by atoms with Crippen LogP contribution >= 0.6 is 0 Å². The smallest absolute Gasteiger partial charge is 0.743 e. The van der Waals surface area contributed by atoms with Gasteiger partial charge in [-0.3, -0.25) is 0 Å². The predicted molar refractivity (Wildman–Crippen MR) is 71.1 cm³/mol. The molecular weight excluding hydrogens is 764 g/mol. The summed E-state index contributed by atoms with van der Waals surface area (Å²) in [7, 11) is -15.3. The van der Waals surface area contributed by atoms with Crippen LogP contribution in [-0.2, 0) is 39.7 Å². The number of halogens is 22. The summed E-state index contributed by atoms with van der Waals surface area (Å²) >= 11 is 0. The molecule has 0 spiro atoms. The van der Waals surface area contributed by atoms with Gasteiger partial charge >= 0.3 is 77.9 Å². The van der Waals surface area contributed by atoms with E-state index in [2.05, 4.69) is 0 Å². The van der Waals surface area contributed by atoms with Crippen LogP contribution in [-0.4, -0.2) is 84.3 Å². The Hall–Kier alpha value is -1.10. The number of alkyl halides is 22. The molecule has 0 saturated heterocycles. The monoisotopic (exact) mass is 762 g/mol. The normalized spacial score (nSPS) is 16.0. The zero-order valence-electron chi connectivity index (χ0n) is 17.3. The van der Waals surface area contributed by atoms with Crippen LogP contribution in [0.15, 0.2) is 0 Å². The summed E-state index contributed by atoms with van der Waals surface area (Å²) in [6.07, 6.45) is -14.8. The van der Waals surface area contributed by atoms with Crippen molar-refractivity contribution in [3.8, 4) is 0 Å². The Kier molecular flexibility index (Phi) is 12.0. The summed E-state index contributed by atoms with van der Waals surface area (Å²) in [6.45, 7) is 0. The molecule has 0 amide bonds. The van der Waals surface area contributed by atoms with Gasteiger partial charge in [-0.1, -0.05) is 0 Å². The van der Waals surface area contributed by atoms with Crippen LogP contribution < -0.4 is 0 Å². The van der Waals surface area contributed by atoms with E-state index < -0.39 is 78.6 Å². The largest absolute Gasteiger partial charge is 2.00 e. The van der Waals surface area contributed by atoms with Crippen molar-refractivity contribution in [2.45, 2.75) is 58.4 Å². The standard InChI is InChI=1S/2C5HF11O3S.Zn/c2*6-1(7,2(8,9)4(12,13)14)3(10,11)5(15,16)20(17,18)19;/h2*(H,17,18,19);/q;;+2/p-2. The molecule has 0 aliphatic rings. The SMILES string of the molecule is O=S(=O)([O-])C(F)(F)C(F)(F)C(F)(F)C(F)(F)C(F)(F)F.O=S(=O)([O-])C(F)(F)C(F)(F)C(F)(F)C(F)(F)C(F)(F)F.[Zn+2]. The van der Waals surface area contributed by atoms with Crippen LogP contribution in [0.5, 0.6) is 0 Å². The first-order chi connectivity index (χ1) is 16.5. The van der Waals surface area contributed by atoms with E-state index in [1.54, 1.807) is 0 Å². The Bertz CT molecular complexity index is 1050. The molecule has 0 bridgehead atoms. The zero-order valence-corrected chi connectivity index (χ0v) is 21.9. The van der Waals surface area contributed by atoms with Crippen molar-refractivity contribution in [1.29, 1.82) is 0 Å². The van der Waals surface area contributed by atoms with Gasteiger partial charge in [0.25, 0.3) is 0 Å². The second-order valence-electron chi connectivity index (χ2n) is 6.38. The third kappa shape index (κ3) is 6.70. The molecule has 0 aliphatic carbocycles. The van der Waals surface area contributed by atoms with Gasteiger partial charge in [0.2, 0.25) is 0 Å². The average molecular weight is 764 g/mol. The third-order valence-corrected chi connectivity index (χ3v) is 5.42. The van der Waals surface area contributed by atoms with Gasteiger partial charge in [0.1, 0.15) is 0 Å². The number of hydrogen-bond acceptors (Lipinski definition) is 6. The van der Waals surface area contributed by atoms with Crippen molar-refractivity contribution in [2.75, 3.05) is 0 Å². The van der Waals surface area contributed by atoms with Gasteiger partial charge in [0.05, 0.1) is 0 Å². The van der Waals surface area contributed by atoms with Gasteiger partial charge in [0.15, 0.2) is 20.2 Å². The molecule has 0 heterocycles. The zero-order chi connectivity index (χ0) is 34.0. The topological polar surface area (TPSA) is 114 Å². The van der Waals surface area contributed by atoms with E-state index in [4.69, 9.17) is 0 Å². The molecular formula is C10F22O6S2Zn. The molecule has 244 valence electrons. The molecule has 0 N–H and O–H groups in total. The van der Waals surface area contributed by atoms with Crippen LogP contribution in [0.3, 0.4) is 0 Å². The van der Waals surface area contributed by atoms with Gasteiger partial charge in [-0.05, 0) is 0 Å². The Morgan fingerprint density at radius 3 is 0.561 bits per heavy atom. The molecule has 0 fully saturated rings. The Labute approximate surface area is 221 Å². The molecule has 0 aromatic heterocycles. The van der Waals surface area contributed by atoms with Crippen molar-refractivity contribution >= 4 is 20.2 Å². The predicted octanol–water partition coefficient (Wildman–Crippen LogP) is 5.18. The summed E-state index contributed by atoms with van der Waals surface area (Å²) in [4.78, 5) is 0. The summed E-state index contributed by atoms with van der Waals surface area (Å²) in [5.41, 5.74) is 0. The van der Waals surface area contributed by atoms with E-state index in [9.17, 15) is 123 Å². The van der Waals surface area contributed by atoms with Crippen molar-refractivity contribution < 1.29 is 142 Å². The third-order valence-electron chi connectivity index (χ3n) is 3.65. The first-order valence-corrected chi connectivity index (χ1v) is 10.4.